The number of benzene rings is 1. The van der Waals surface area contributed by atoms with Gasteiger partial charge in [-0.2, -0.15) is 0 Å². The molecule has 0 aliphatic carbocycles. The summed E-state index contributed by atoms with van der Waals surface area (Å²) in [4.78, 5) is 10.5. The lowest BCUT2D eigenvalue weighted by atomic mass is 10.1. The quantitative estimate of drug-likeness (QED) is 0.776. The van der Waals surface area contributed by atoms with Crippen LogP contribution in [0.5, 0.6) is 0 Å². The van der Waals surface area contributed by atoms with E-state index < -0.39 is 5.97 Å². The maximum Gasteiger partial charge on any atom is 0.307 e. The average Bonchev–Trinajstić information content (AvgIpc) is 2.27. The predicted molar refractivity (Wildman–Crippen MR) is 65.8 cm³/mol. The molecule has 0 amide bonds. The first-order valence-electron chi connectivity index (χ1n) is 5.73. The Balaban J connectivity index is 2.60. The van der Waals surface area contributed by atoms with Gasteiger partial charge in [-0.25, -0.2) is 0 Å². The van der Waals surface area contributed by atoms with Crippen molar-refractivity contribution in [2.75, 3.05) is 5.32 Å². The number of anilines is 1. The van der Waals surface area contributed by atoms with Crippen molar-refractivity contribution < 1.29 is 9.90 Å². The van der Waals surface area contributed by atoms with Crippen LogP contribution in [0.1, 0.15) is 32.3 Å². The monoisotopic (exact) mass is 221 g/mol. The van der Waals surface area contributed by atoms with Crippen molar-refractivity contribution in [1.82, 2.24) is 0 Å². The van der Waals surface area contributed by atoms with Gasteiger partial charge in [0.2, 0.25) is 0 Å². The van der Waals surface area contributed by atoms with E-state index in [1.165, 1.54) is 0 Å². The van der Waals surface area contributed by atoms with Gasteiger partial charge in [0.15, 0.2) is 0 Å². The Hall–Kier alpha value is -1.51. The number of carboxylic acids is 1. The predicted octanol–water partition coefficient (Wildman–Crippen LogP) is 2.91. The molecule has 16 heavy (non-hydrogen) atoms. The van der Waals surface area contributed by atoms with E-state index in [1.54, 1.807) is 0 Å². The maximum absolute atomic E-state index is 10.5. The Morgan fingerprint density at radius 1 is 1.25 bits per heavy atom. The molecule has 0 atom stereocenters. The minimum absolute atomic E-state index is 0.0886. The van der Waals surface area contributed by atoms with E-state index in [9.17, 15) is 4.79 Å². The number of aliphatic carboxylic acids is 1. The molecule has 2 N–H and O–H groups in total. The first-order chi connectivity index (χ1) is 7.65. The SMILES string of the molecule is CCC(CC)Nc1ccc(CC(=O)O)cc1. The van der Waals surface area contributed by atoms with Gasteiger partial charge in [0.25, 0.3) is 0 Å². The Kier molecular flexibility index (Phi) is 4.83. The fraction of sp³-hybridized carbons (Fsp3) is 0.462. The summed E-state index contributed by atoms with van der Waals surface area (Å²) >= 11 is 0. The molecule has 0 saturated carbocycles. The highest BCUT2D eigenvalue weighted by atomic mass is 16.4. The van der Waals surface area contributed by atoms with Gasteiger partial charge in [0.05, 0.1) is 6.42 Å². The molecule has 0 bridgehead atoms. The van der Waals surface area contributed by atoms with Crippen LogP contribution in [0.2, 0.25) is 0 Å². The summed E-state index contributed by atoms with van der Waals surface area (Å²) < 4.78 is 0. The van der Waals surface area contributed by atoms with Crippen LogP contribution in [0.25, 0.3) is 0 Å². The zero-order chi connectivity index (χ0) is 12.0. The van der Waals surface area contributed by atoms with Crippen molar-refractivity contribution in [3.05, 3.63) is 29.8 Å². The molecule has 0 aliphatic rings. The molecule has 0 saturated heterocycles. The third-order valence-electron chi connectivity index (χ3n) is 2.67. The molecule has 0 radical (unpaired) electrons. The van der Waals surface area contributed by atoms with Crippen molar-refractivity contribution in [2.45, 2.75) is 39.2 Å². The second-order valence-corrected chi connectivity index (χ2v) is 3.93. The molecule has 88 valence electrons. The third-order valence-corrected chi connectivity index (χ3v) is 2.67. The summed E-state index contributed by atoms with van der Waals surface area (Å²) in [6.45, 7) is 4.31. The van der Waals surface area contributed by atoms with Crippen LogP contribution >= 0.6 is 0 Å². The molecule has 1 aromatic carbocycles. The fourth-order valence-electron chi connectivity index (χ4n) is 1.62. The summed E-state index contributed by atoms with van der Waals surface area (Å²) in [6, 6.07) is 8.09. The average molecular weight is 221 g/mol. The smallest absolute Gasteiger partial charge is 0.307 e. The molecular weight excluding hydrogens is 202 g/mol. The Labute approximate surface area is 96.5 Å². The molecule has 1 rings (SSSR count). The first kappa shape index (κ1) is 12.6. The lowest BCUT2D eigenvalue weighted by Gasteiger charge is -2.16. The van der Waals surface area contributed by atoms with Crippen molar-refractivity contribution in [3.63, 3.8) is 0 Å². The standard InChI is InChI=1S/C13H19NO2/c1-3-11(4-2)14-12-7-5-10(6-8-12)9-13(15)16/h5-8,11,14H,3-4,9H2,1-2H3,(H,15,16). The number of hydrogen-bond acceptors (Lipinski definition) is 2. The van der Waals surface area contributed by atoms with Crippen molar-refractivity contribution in [1.29, 1.82) is 0 Å². The number of carbonyl (C=O) groups is 1. The third kappa shape index (κ3) is 3.93. The summed E-state index contributed by atoms with van der Waals surface area (Å²) in [5, 5.41) is 12.1. The van der Waals surface area contributed by atoms with Crippen molar-refractivity contribution in [3.8, 4) is 0 Å². The highest BCUT2D eigenvalue weighted by molar-refractivity contribution is 5.70. The lowest BCUT2D eigenvalue weighted by molar-refractivity contribution is -0.136. The number of rotatable bonds is 6. The van der Waals surface area contributed by atoms with Gasteiger partial charge < -0.3 is 10.4 Å². The first-order valence-corrected chi connectivity index (χ1v) is 5.73. The molecule has 3 heteroatoms. The summed E-state index contributed by atoms with van der Waals surface area (Å²) in [5.41, 5.74) is 1.89. The lowest BCUT2D eigenvalue weighted by Crippen LogP contribution is -2.16. The Bertz CT molecular complexity index is 328. The highest BCUT2D eigenvalue weighted by Gasteiger charge is 2.03. The van der Waals surface area contributed by atoms with Crippen LogP contribution in [0.15, 0.2) is 24.3 Å². The zero-order valence-electron chi connectivity index (χ0n) is 9.86. The summed E-state index contributed by atoms with van der Waals surface area (Å²) in [6.07, 6.45) is 2.27. The topological polar surface area (TPSA) is 49.3 Å². The fourth-order valence-corrected chi connectivity index (χ4v) is 1.62. The van der Waals surface area contributed by atoms with Crippen LogP contribution < -0.4 is 5.32 Å². The van der Waals surface area contributed by atoms with Crippen molar-refractivity contribution >= 4 is 11.7 Å². The molecule has 0 aromatic heterocycles. The van der Waals surface area contributed by atoms with E-state index in [2.05, 4.69) is 19.2 Å². The minimum Gasteiger partial charge on any atom is -0.481 e. The molecule has 0 aliphatic heterocycles. The molecule has 0 heterocycles. The van der Waals surface area contributed by atoms with E-state index in [-0.39, 0.29) is 6.42 Å². The van der Waals surface area contributed by atoms with E-state index in [0.29, 0.717) is 6.04 Å². The number of nitrogens with one attached hydrogen (secondary N) is 1. The van der Waals surface area contributed by atoms with E-state index in [1.807, 2.05) is 24.3 Å². The summed E-state index contributed by atoms with van der Waals surface area (Å²) in [5.74, 6) is -0.791. The van der Waals surface area contributed by atoms with Crippen LogP contribution in [0.3, 0.4) is 0 Å². The molecule has 0 fully saturated rings. The van der Waals surface area contributed by atoms with Crippen molar-refractivity contribution in [2.24, 2.45) is 0 Å². The zero-order valence-corrected chi connectivity index (χ0v) is 9.86. The van der Waals surface area contributed by atoms with Gasteiger partial charge in [-0.1, -0.05) is 26.0 Å². The van der Waals surface area contributed by atoms with Gasteiger partial charge in [0.1, 0.15) is 0 Å². The second-order valence-electron chi connectivity index (χ2n) is 3.93. The molecule has 0 spiro atoms. The van der Waals surface area contributed by atoms with Gasteiger partial charge in [-0.15, -0.1) is 0 Å². The van der Waals surface area contributed by atoms with Gasteiger partial charge in [0, 0.05) is 11.7 Å². The Morgan fingerprint density at radius 2 is 1.81 bits per heavy atom. The minimum atomic E-state index is -0.791. The van der Waals surface area contributed by atoms with E-state index >= 15 is 0 Å². The summed E-state index contributed by atoms with van der Waals surface area (Å²) in [7, 11) is 0. The van der Waals surface area contributed by atoms with Crippen LogP contribution in [0.4, 0.5) is 5.69 Å². The van der Waals surface area contributed by atoms with E-state index in [4.69, 9.17) is 5.11 Å². The van der Waals surface area contributed by atoms with Gasteiger partial charge >= 0.3 is 5.97 Å². The maximum atomic E-state index is 10.5. The van der Waals surface area contributed by atoms with E-state index in [0.717, 1.165) is 24.1 Å². The second kappa shape index (κ2) is 6.16. The molecule has 3 nitrogen and oxygen atoms in total. The molecule has 1 aromatic rings. The van der Waals surface area contributed by atoms with Crippen LogP contribution in [-0.2, 0) is 11.2 Å². The van der Waals surface area contributed by atoms with Gasteiger partial charge in [-0.3, -0.25) is 4.79 Å². The largest absolute Gasteiger partial charge is 0.481 e. The van der Waals surface area contributed by atoms with Crippen LogP contribution in [0, 0.1) is 0 Å². The number of carboxylic acid groups (broad SMARTS) is 1. The van der Waals surface area contributed by atoms with Gasteiger partial charge in [-0.05, 0) is 30.5 Å². The normalized spacial score (nSPS) is 10.4. The number of hydrogen-bond donors (Lipinski definition) is 2. The molecular formula is C13H19NO2. The Morgan fingerprint density at radius 3 is 2.25 bits per heavy atom. The highest BCUT2D eigenvalue weighted by Crippen LogP contribution is 2.13. The molecule has 0 unspecified atom stereocenters. The van der Waals surface area contributed by atoms with Crippen LogP contribution in [-0.4, -0.2) is 17.1 Å².